The number of halogens is 1. The maximum atomic E-state index is 4.39. The van der Waals surface area contributed by atoms with Gasteiger partial charge in [0.05, 0.1) is 0 Å². The lowest BCUT2D eigenvalue weighted by Crippen LogP contribution is -2.35. The Morgan fingerprint density at radius 1 is 1.32 bits per heavy atom. The van der Waals surface area contributed by atoms with Gasteiger partial charge in [-0.3, -0.25) is 0 Å². The maximum Gasteiger partial charge on any atom is 0.130 e. The monoisotopic (exact) mass is 326 g/mol. The molecule has 0 radical (unpaired) electrons. The van der Waals surface area contributed by atoms with Crippen LogP contribution in [0.5, 0.6) is 0 Å². The Balaban J connectivity index is 1.77. The van der Waals surface area contributed by atoms with Crippen molar-refractivity contribution in [2.45, 2.75) is 33.1 Å². The van der Waals surface area contributed by atoms with Gasteiger partial charge in [-0.2, -0.15) is 0 Å². The van der Waals surface area contributed by atoms with Crippen LogP contribution in [0.1, 0.15) is 32.0 Å². The van der Waals surface area contributed by atoms with E-state index in [1.165, 1.54) is 38.9 Å². The van der Waals surface area contributed by atoms with Crippen LogP contribution in [0, 0.1) is 12.8 Å². The average Bonchev–Trinajstić information content (AvgIpc) is 2.36. The van der Waals surface area contributed by atoms with Crippen molar-refractivity contribution in [1.82, 2.24) is 14.9 Å². The van der Waals surface area contributed by atoms with E-state index in [2.05, 4.69) is 43.0 Å². The molecular weight excluding hydrogens is 304 g/mol. The fourth-order valence-corrected chi connectivity index (χ4v) is 3.02. The van der Waals surface area contributed by atoms with E-state index in [-0.39, 0.29) is 0 Å². The Hall–Kier alpha value is -0.680. The molecule has 0 saturated carbocycles. The third-order valence-electron chi connectivity index (χ3n) is 3.46. The summed E-state index contributed by atoms with van der Waals surface area (Å²) in [6.07, 6.45) is 4.12. The van der Waals surface area contributed by atoms with Crippen molar-refractivity contribution in [3.63, 3.8) is 0 Å². The summed E-state index contributed by atoms with van der Waals surface area (Å²) in [5, 5.41) is 3.41. The van der Waals surface area contributed by atoms with E-state index >= 15 is 0 Å². The minimum atomic E-state index is 0.632. The number of aryl methyl sites for hydroxylation is 1. The fraction of sp³-hybridized carbons (Fsp3) is 0.714. The number of hydrogen-bond donors (Lipinski definition) is 1. The Morgan fingerprint density at radius 2 is 2.05 bits per heavy atom. The molecule has 1 aliphatic heterocycles. The van der Waals surface area contributed by atoms with E-state index < -0.39 is 0 Å². The SMILES string of the molecule is Cc1nc(Br)cc(NCC(C)CN2CCCCC2)n1. The van der Waals surface area contributed by atoms with Crippen molar-refractivity contribution in [1.29, 1.82) is 0 Å². The number of likely N-dealkylation sites (tertiary alicyclic amines) is 1. The second-order valence-corrected chi connectivity index (χ2v) is 6.28. The highest BCUT2D eigenvalue weighted by Crippen LogP contribution is 2.14. The molecule has 0 bridgehead atoms. The summed E-state index contributed by atoms with van der Waals surface area (Å²) >= 11 is 3.40. The third kappa shape index (κ3) is 5.07. The largest absolute Gasteiger partial charge is 0.370 e. The third-order valence-corrected chi connectivity index (χ3v) is 3.86. The molecule has 2 heterocycles. The number of nitrogens with one attached hydrogen (secondary N) is 1. The van der Waals surface area contributed by atoms with E-state index in [1.807, 2.05) is 13.0 Å². The van der Waals surface area contributed by atoms with Crippen LogP contribution in [-0.4, -0.2) is 41.0 Å². The molecule has 0 aliphatic carbocycles. The number of piperidine rings is 1. The van der Waals surface area contributed by atoms with Crippen LogP contribution in [0.2, 0.25) is 0 Å². The summed E-state index contributed by atoms with van der Waals surface area (Å²) in [7, 11) is 0. The van der Waals surface area contributed by atoms with Gasteiger partial charge in [-0.25, -0.2) is 9.97 Å². The average molecular weight is 327 g/mol. The smallest absolute Gasteiger partial charge is 0.130 e. The Labute approximate surface area is 124 Å². The van der Waals surface area contributed by atoms with Crippen LogP contribution in [0.25, 0.3) is 0 Å². The number of hydrogen-bond acceptors (Lipinski definition) is 4. The molecule has 2 rings (SSSR count). The molecule has 1 atom stereocenters. The number of aromatic nitrogens is 2. The first-order chi connectivity index (χ1) is 9.13. The first-order valence-corrected chi connectivity index (χ1v) is 7.90. The molecule has 4 nitrogen and oxygen atoms in total. The van der Waals surface area contributed by atoms with E-state index in [4.69, 9.17) is 0 Å². The van der Waals surface area contributed by atoms with Crippen molar-refractivity contribution in [3.05, 3.63) is 16.5 Å². The van der Waals surface area contributed by atoms with Gasteiger partial charge in [0.25, 0.3) is 0 Å². The first-order valence-electron chi connectivity index (χ1n) is 7.11. The van der Waals surface area contributed by atoms with Crippen molar-refractivity contribution in [2.24, 2.45) is 5.92 Å². The van der Waals surface area contributed by atoms with Crippen molar-refractivity contribution >= 4 is 21.7 Å². The molecule has 1 fully saturated rings. The maximum absolute atomic E-state index is 4.39. The second-order valence-electron chi connectivity index (χ2n) is 5.47. The van der Waals surface area contributed by atoms with Gasteiger partial charge < -0.3 is 10.2 Å². The van der Waals surface area contributed by atoms with E-state index in [0.29, 0.717) is 5.92 Å². The summed E-state index contributed by atoms with van der Waals surface area (Å²) < 4.78 is 0.839. The quantitative estimate of drug-likeness (QED) is 0.844. The molecule has 1 saturated heterocycles. The first kappa shape index (κ1) is 14.7. The summed E-state index contributed by atoms with van der Waals surface area (Å²) in [6.45, 7) is 8.88. The molecule has 1 aromatic rings. The highest BCUT2D eigenvalue weighted by atomic mass is 79.9. The molecule has 1 aromatic heterocycles. The van der Waals surface area contributed by atoms with Crippen molar-refractivity contribution in [2.75, 3.05) is 31.5 Å². The van der Waals surface area contributed by atoms with Gasteiger partial charge in [0.1, 0.15) is 16.2 Å². The lowest BCUT2D eigenvalue weighted by atomic mass is 10.1. The molecule has 0 spiro atoms. The zero-order valence-electron chi connectivity index (χ0n) is 11.8. The Kier molecular flexibility index (Phi) is 5.58. The van der Waals surface area contributed by atoms with Gasteiger partial charge in [0.15, 0.2) is 0 Å². The van der Waals surface area contributed by atoms with Gasteiger partial charge in [-0.1, -0.05) is 13.3 Å². The summed E-state index contributed by atoms with van der Waals surface area (Å²) in [5.41, 5.74) is 0. The molecule has 1 unspecified atom stereocenters. The van der Waals surface area contributed by atoms with Gasteiger partial charge in [0, 0.05) is 19.2 Å². The summed E-state index contributed by atoms with van der Waals surface area (Å²) in [5.74, 6) is 2.33. The van der Waals surface area contributed by atoms with Crippen LogP contribution >= 0.6 is 15.9 Å². The Morgan fingerprint density at radius 3 is 2.74 bits per heavy atom. The molecule has 19 heavy (non-hydrogen) atoms. The van der Waals surface area contributed by atoms with Gasteiger partial charge in [-0.15, -0.1) is 0 Å². The van der Waals surface area contributed by atoms with E-state index in [9.17, 15) is 0 Å². The Bertz CT molecular complexity index is 384. The predicted molar refractivity (Wildman–Crippen MR) is 82.4 cm³/mol. The molecule has 5 heteroatoms. The molecule has 0 amide bonds. The van der Waals surface area contributed by atoms with Crippen LogP contribution < -0.4 is 5.32 Å². The normalized spacial score (nSPS) is 18.3. The lowest BCUT2D eigenvalue weighted by Gasteiger charge is -2.29. The summed E-state index contributed by atoms with van der Waals surface area (Å²) in [6, 6.07) is 1.93. The zero-order valence-corrected chi connectivity index (χ0v) is 13.4. The fourth-order valence-electron chi connectivity index (χ4n) is 2.55. The molecule has 106 valence electrons. The van der Waals surface area contributed by atoms with E-state index in [1.54, 1.807) is 0 Å². The second kappa shape index (κ2) is 7.20. The van der Waals surface area contributed by atoms with Crippen molar-refractivity contribution in [3.8, 4) is 0 Å². The number of anilines is 1. The van der Waals surface area contributed by atoms with Gasteiger partial charge in [0.2, 0.25) is 0 Å². The van der Waals surface area contributed by atoms with Crippen LogP contribution in [0.3, 0.4) is 0 Å². The van der Waals surface area contributed by atoms with Gasteiger partial charge in [-0.05, 0) is 54.7 Å². The van der Waals surface area contributed by atoms with Crippen LogP contribution in [-0.2, 0) is 0 Å². The highest BCUT2D eigenvalue weighted by molar-refractivity contribution is 9.10. The number of rotatable bonds is 5. The zero-order chi connectivity index (χ0) is 13.7. The topological polar surface area (TPSA) is 41.1 Å². The van der Waals surface area contributed by atoms with Gasteiger partial charge >= 0.3 is 0 Å². The predicted octanol–water partition coefficient (Wildman–Crippen LogP) is 3.08. The summed E-state index contributed by atoms with van der Waals surface area (Å²) in [4.78, 5) is 11.2. The standard InChI is InChI=1S/C14H23BrN4/c1-11(10-19-6-4-3-5-7-19)9-16-14-8-13(15)17-12(2)18-14/h8,11H,3-7,9-10H2,1-2H3,(H,16,17,18). The molecule has 1 N–H and O–H groups in total. The van der Waals surface area contributed by atoms with E-state index in [0.717, 1.165) is 22.8 Å². The van der Waals surface area contributed by atoms with Crippen LogP contribution in [0.15, 0.2) is 10.7 Å². The highest BCUT2D eigenvalue weighted by Gasteiger charge is 2.13. The van der Waals surface area contributed by atoms with Crippen LogP contribution in [0.4, 0.5) is 5.82 Å². The molecule has 0 aromatic carbocycles. The molecular formula is C14H23BrN4. The number of nitrogens with zero attached hydrogens (tertiary/aromatic N) is 3. The minimum Gasteiger partial charge on any atom is -0.370 e. The lowest BCUT2D eigenvalue weighted by molar-refractivity contribution is 0.204. The minimum absolute atomic E-state index is 0.632. The molecule has 1 aliphatic rings. The van der Waals surface area contributed by atoms with Crippen molar-refractivity contribution < 1.29 is 0 Å².